The lowest BCUT2D eigenvalue weighted by molar-refractivity contribution is 0.0703. The van der Waals surface area contributed by atoms with Crippen LogP contribution in [-0.4, -0.2) is 42.7 Å². The van der Waals surface area contributed by atoms with Crippen LogP contribution >= 0.6 is 11.3 Å². The van der Waals surface area contributed by atoms with Gasteiger partial charge in [0.05, 0.1) is 5.69 Å². The smallest absolute Gasteiger partial charge is 0.348 e. The molecule has 0 aliphatic carbocycles. The Balaban J connectivity index is 1.75. The molecule has 5 heteroatoms. The molecule has 1 aromatic carbocycles. The highest BCUT2D eigenvalue weighted by Gasteiger charge is 2.20. The summed E-state index contributed by atoms with van der Waals surface area (Å²) in [5, 5.41) is 12.8. The first-order chi connectivity index (χ1) is 11.1. The molecule has 1 aromatic heterocycles. The summed E-state index contributed by atoms with van der Waals surface area (Å²) in [4.78, 5) is 15.3. The Labute approximate surface area is 140 Å². The van der Waals surface area contributed by atoms with Crippen molar-refractivity contribution in [2.75, 3.05) is 32.0 Å². The van der Waals surface area contributed by atoms with Crippen LogP contribution in [0, 0.1) is 5.92 Å². The van der Waals surface area contributed by atoms with Crippen molar-refractivity contribution in [2.24, 2.45) is 5.92 Å². The summed E-state index contributed by atoms with van der Waals surface area (Å²) in [6.45, 7) is 3.06. The second-order valence-corrected chi connectivity index (χ2v) is 7.23. The number of benzene rings is 1. The number of thiophene rings is 1. The van der Waals surface area contributed by atoms with E-state index in [2.05, 4.69) is 17.3 Å². The lowest BCUT2D eigenvalue weighted by Crippen LogP contribution is -2.35. The van der Waals surface area contributed by atoms with Crippen LogP contribution in [0.5, 0.6) is 0 Å². The van der Waals surface area contributed by atoms with E-state index in [0.29, 0.717) is 10.8 Å². The molecule has 1 fully saturated rings. The summed E-state index contributed by atoms with van der Waals surface area (Å²) in [6, 6.07) is 11.9. The van der Waals surface area contributed by atoms with Crippen molar-refractivity contribution in [2.45, 2.75) is 12.8 Å². The average Bonchev–Trinajstić information content (AvgIpc) is 2.98. The number of carbonyl (C=O) groups is 1. The average molecular weight is 330 g/mol. The van der Waals surface area contributed by atoms with E-state index in [0.717, 1.165) is 35.8 Å². The Morgan fingerprint density at radius 2 is 2.17 bits per heavy atom. The van der Waals surface area contributed by atoms with Crippen LogP contribution in [0.2, 0.25) is 0 Å². The molecule has 4 nitrogen and oxygen atoms in total. The predicted octanol–water partition coefficient (Wildman–Crippen LogP) is 3.87. The Kier molecular flexibility index (Phi) is 4.98. The van der Waals surface area contributed by atoms with Gasteiger partial charge in [-0.1, -0.05) is 30.3 Å². The Morgan fingerprint density at radius 3 is 2.87 bits per heavy atom. The summed E-state index contributed by atoms with van der Waals surface area (Å²) in [5.41, 5.74) is 1.81. The molecule has 3 rings (SSSR count). The second kappa shape index (κ2) is 7.15. The Morgan fingerprint density at radius 1 is 1.39 bits per heavy atom. The number of hydrogen-bond donors (Lipinski definition) is 2. The third-order valence-corrected chi connectivity index (χ3v) is 5.46. The van der Waals surface area contributed by atoms with E-state index in [1.807, 2.05) is 36.4 Å². The zero-order valence-corrected chi connectivity index (χ0v) is 14.1. The quantitative estimate of drug-likeness (QED) is 0.874. The molecule has 2 aromatic rings. The van der Waals surface area contributed by atoms with E-state index < -0.39 is 5.97 Å². The molecule has 0 radical (unpaired) electrons. The molecular weight excluding hydrogens is 308 g/mol. The van der Waals surface area contributed by atoms with E-state index in [9.17, 15) is 9.90 Å². The van der Waals surface area contributed by atoms with Gasteiger partial charge in [0.25, 0.3) is 0 Å². The van der Waals surface area contributed by atoms with Gasteiger partial charge < -0.3 is 15.3 Å². The maximum atomic E-state index is 11.5. The minimum atomic E-state index is -0.861. The van der Waals surface area contributed by atoms with Crippen LogP contribution in [0.1, 0.15) is 22.5 Å². The number of carboxylic acid groups (broad SMARTS) is 1. The van der Waals surface area contributed by atoms with Gasteiger partial charge in [-0.25, -0.2) is 4.79 Å². The van der Waals surface area contributed by atoms with Gasteiger partial charge >= 0.3 is 5.97 Å². The number of piperidine rings is 1. The minimum absolute atomic E-state index is 0.396. The fraction of sp³-hybridized carbons (Fsp3) is 0.389. The summed E-state index contributed by atoms with van der Waals surface area (Å²) >= 11 is 1.34. The monoisotopic (exact) mass is 330 g/mol. The molecule has 2 heterocycles. The molecule has 0 bridgehead atoms. The molecule has 1 atom stereocenters. The van der Waals surface area contributed by atoms with Crippen molar-refractivity contribution in [3.8, 4) is 10.4 Å². The topological polar surface area (TPSA) is 52.6 Å². The van der Waals surface area contributed by atoms with Crippen LogP contribution in [-0.2, 0) is 0 Å². The van der Waals surface area contributed by atoms with E-state index in [1.54, 1.807) is 0 Å². The fourth-order valence-electron chi connectivity index (χ4n) is 3.12. The number of anilines is 1. The second-order valence-electron chi connectivity index (χ2n) is 6.18. The van der Waals surface area contributed by atoms with Gasteiger partial charge in [0, 0.05) is 18.0 Å². The SMILES string of the molecule is CN1CCCC(CNc2cc(-c3ccccc3)sc2C(=O)O)C1. The lowest BCUT2D eigenvalue weighted by Gasteiger charge is -2.29. The fourth-order valence-corrected chi connectivity index (χ4v) is 4.10. The van der Waals surface area contributed by atoms with Gasteiger partial charge in [-0.3, -0.25) is 0 Å². The summed E-state index contributed by atoms with van der Waals surface area (Å²) < 4.78 is 0. The van der Waals surface area contributed by atoms with Gasteiger partial charge in [0.15, 0.2) is 0 Å². The van der Waals surface area contributed by atoms with Crippen LogP contribution in [0.25, 0.3) is 10.4 Å². The Hall–Kier alpha value is -1.85. The van der Waals surface area contributed by atoms with Gasteiger partial charge in [-0.15, -0.1) is 11.3 Å². The van der Waals surface area contributed by atoms with Crippen LogP contribution in [0.3, 0.4) is 0 Å². The van der Waals surface area contributed by atoms with Crippen LogP contribution < -0.4 is 5.32 Å². The predicted molar refractivity (Wildman–Crippen MR) is 95.4 cm³/mol. The normalized spacial score (nSPS) is 18.7. The first kappa shape index (κ1) is 16.0. The van der Waals surface area contributed by atoms with Crippen LogP contribution in [0.4, 0.5) is 5.69 Å². The summed E-state index contributed by atoms with van der Waals surface area (Å²) in [7, 11) is 2.15. The standard InChI is InChI=1S/C18H22N2O2S/c1-20-9-5-6-13(12-20)11-19-15-10-16(23-17(15)18(21)22)14-7-3-2-4-8-14/h2-4,7-8,10,13,19H,5-6,9,11-12H2,1H3,(H,21,22). The van der Waals surface area contributed by atoms with Crippen LogP contribution in [0.15, 0.2) is 36.4 Å². The van der Waals surface area contributed by atoms with Crippen molar-refractivity contribution in [3.63, 3.8) is 0 Å². The first-order valence-electron chi connectivity index (χ1n) is 7.98. The molecule has 2 N–H and O–H groups in total. The zero-order valence-electron chi connectivity index (χ0n) is 13.3. The highest BCUT2D eigenvalue weighted by Crippen LogP contribution is 2.35. The molecule has 122 valence electrons. The molecule has 1 aliphatic rings. The number of hydrogen-bond acceptors (Lipinski definition) is 4. The van der Waals surface area contributed by atoms with Crippen molar-refractivity contribution < 1.29 is 9.90 Å². The number of aromatic carboxylic acids is 1. The van der Waals surface area contributed by atoms with Gasteiger partial charge in [-0.05, 0) is 44.0 Å². The highest BCUT2D eigenvalue weighted by atomic mass is 32.1. The summed E-state index contributed by atoms with van der Waals surface area (Å²) in [5.74, 6) is -0.282. The van der Waals surface area contributed by atoms with Crippen molar-refractivity contribution >= 4 is 23.0 Å². The van der Waals surface area contributed by atoms with Crippen molar-refractivity contribution in [3.05, 3.63) is 41.3 Å². The lowest BCUT2D eigenvalue weighted by atomic mass is 9.98. The third-order valence-electron chi connectivity index (χ3n) is 4.29. The molecule has 0 saturated carbocycles. The van der Waals surface area contributed by atoms with Gasteiger partial charge in [0.2, 0.25) is 0 Å². The third kappa shape index (κ3) is 3.92. The largest absolute Gasteiger partial charge is 0.477 e. The number of nitrogens with zero attached hydrogens (tertiary/aromatic N) is 1. The minimum Gasteiger partial charge on any atom is -0.477 e. The number of carboxylic acids is 1. The first-order valence-corrected chi connectivity index (χ1v) is 8.80. The van der Waals surface area contributed by atoms with E-state index in [1.165, 1.54) is 24.2 Å². The maximum Gasteiger partial charge on any atom is 0.348 e. The molecular formula is C18H22N2O2S. The zero-order chi connectivity index (χ0) is 16.2. The number of likely N-dealkylation sites (tertiary alicyclic amines) is 1. The summed E-state index contributed by atoms with van der Waals surface area (Å²) in [6.07, 6.45) is 2.42. The molecule has 1 aliphatic heterocycles. The Bertz CT molecular complexity index is 669. The highest BCUT2D eigenvalue weighted by molar-refractivity contribution is 7.18. The molecule has 0 amide bonds. The number of nitrogens with one attached hydrogen (secondary N) is 1. The van der Waals surface area contributed by atoms with Gasteiger partial charge in [0.1, 0.15) is 4.88 Å². The molecule has 1 saturated heterocycles. The molecule has 0 spiro atoms. The van der Waals surface area contributed by atoms with Crippen molar-refractivity contribution in [1.82, 2.24) is 4.90 Å². The maximum absolute atomic E-state index is 11.5. The molecule has 23 heavy (non-hydrogen) atoms. The molecule has 1 unspecified atom stereocenters. The number of rotatable bonds is 5. The van der Waals surface area contributed by atoms with E-state index in [4.69, 9.17) is 0 Å². The van der Waals surface area contributed by atoms with E-state index in [-0.39, 0.29) is 0 Å². The van der Waals surface area contributed by atoms with Crippen molar-refractivity contribution in [1.29, 1.82) is 0 Å². The van der Waals surface area contributed by atoms with Gasteiger partial charge in [-0.2, -0.15) is 0 Å². The van der Waals surface area contributed by atoms with E-state index >= 15 is 0 Å².